The van der Waals surface area contributed by atoms with Crippen LogP contribution in [0.2, 0.25) is 0 Å². The van der Waals surface area contributed by atoms with Gasteiger partial charge in [0.25, 0.3) is 15.9 Å². The molecule has 2 saturated heterocycles. The fourth-order valence-corrected chi connectivity index (χ4v) is 6.09. The van der Waals surface area contributed by atoms with Crippen molar-refractivity contribution in [1.82, 2.24) is 14.1 Å². The lowest BCUT2D eigenvalue weighted by atomic mass is 10.1. The number of hydrogen-bond donors (Lipinski definition) is 1. The van der Waals surface area contributed by atoms with Gasteiger partial charge >= 0.3 is 0 Å². The van der Waals surface area contributed by atoms with Gasteiger partial charge in [0.2, 0.25) is 16.9 Å². The number of amides is 3. The van der Waals surface area contributed by atoms with Crippen molar-refractivity contribution in [2.24, 2.45) is 5.73 Å². The van der Waals surface area contributed by atoms with Gasteiger partial charge in [0.1, 0.15) is 6.04 Å². The van der Waals surface area contributed by atoms with E-state index in [0.29, 0.717) is 13.0 Å². The Hall–Kier alpha value is -2.70. The molecule has 4 rings (SSSR count). The molecule has 0 saturated carbocycles. The summed E-state index contributed by atoms with van der Waals surface area (Å²) in [5, 5.41) is 1.56. The monoisotopic (exact) mass is 480 g/mol. The van der Waals surface area contributed by atoms with Gasteiger partial charge in [-0.25, -0.2) is 8.42 Å². The minimum absolute atomic E-state index is 0.0624. The zero-order valence-electron chi connectivity index (χ0n) is 17.3. The van der Waals surface area contributed by atoms with Crippen molar-refractivity contribution in [3.8, 4) is 0 Å². The summed E-state index contributed by atoms with van der Waals surface area (Å²) in [7, 11) is -3.94. The van der Waals surface area contributed by atoms with Crippen LogP contribution in [-0.2, 0) is 26.0 Å². The van der Waals surface area contributed by atoms with Crippen molar-refractivity contribution < 1.29 is 27.2 Å². The van der Waals surface area contributed by atoms with Crippen molar-refractivity contribution in [1.29, 1.82) is 0 Å². The Labute approximate surface area is 189 Å². The van der Waals surface area contributed by atoms with Gasteiger partial charge in [-0.3, -0.25) is 14.4 Å². The first-order chi connectivity index (χ1) is 15.3. The zero-order valence-corrected chi connectivity index (χ0v) is 18.9. The second-order valence-electron chi connectivity index (χ2n) is 7.71. The highest BCUT2D eigenvalue weighted by molar-refractivity contribution is 7.89. The van der Waals surface area contributed by atoms with E-state index in [1.165, 1.54) is 27.8 Å². The van der Waals surface area contributed by atoms with Gasteiger partial charge in [-0.05, 0) is 36.4 Å². The van der Waals surface area contributed by atoms with Gasteiger partial charge in [0.15, 0.2) is 5.76 Å². The fraction of sp³-hybridized carbons (Fsp3) is 0.450. The van der Waals surface area contributed by atoms with Gasteiger partial charge in [0, 0.05) is 37.6 Å². The number of rotatable bonds is 6. The first-order valence-corrected chi connectivity index (χ1v) is 12.6. The molecule has 1 atom stereocenters. The Kier molecular flexibility index (Phi) is 6.35. The number of nitrogens with two attached hydrogens (primary N) is 1. The normalized spacial score (nSPS) is 19.9. The zero-order chi connectivity index (χ0) is 22.9. The van der Waals surface area contributed by atoms with Crippen LogP contribution in [0.1, 0.15) is 28.3 Å². The number of furan rings is 1. The Balaban J connectivity index is 1.37. The molecule has 2 aliphatic heterocycles. The smallest absolute Gasteiger partial charge is 0.284 e. The van der Waals surface area contributed by atoms with Crippen LogP contribution in [0.4, 0.5) is 0 Å². The van der Waals surface area contributed by atoms with Crippen LogP contribution in [0.25, 0.3) is 0 Å². The predicted octanol–water partition coefficient (Wildman–Crippen LogP) is 0.507. The molecule has 2 N–H and O–H groups in total. The molecule has 1 unspecified atom stereocenters. The third-order valence-electron chi connectivity index (χ3n) is 5.73. The van der Waals surface area contributed by atoms with E-state index in [9.17, 15) is 22.8 Å². The Morgan fingerprint density at radius 2 is 1.84 bits per heavy atom. The number of carbonyl (C=O) groups excluding carboxylic acids is 3. The first kappa shape index (κ1) is 22.5. The van der Waals surface area contributed by atoms with Crippen LogP contribution in [0.5, 0.6) is 0 Å². The molecule has 12 heteroatoms. The lowest BCUT2D eigenvalue weighted by Gasteiger charge is -2.36. The van der Waals surface area contributed by atoms with Gasteiger partial charge in [0.05, 0.1) is 6.42 Å². The number of piperazine rings is 1. The van der Waals surface area contributed by atoms with E-state index in [1.54, 1.807) is 9.80 Å². The molecule has 0 aromatic carbocycles. The third kappa shape index (κ3) is 4.43. The van der Waals surface area contributed by atoms with Crippen LogP contribution in [0.15, 0.2) is 39.2 Å². The number of hydrogen-bond acceptors (Lipinski definition) is 7. The molecule has 32 heavy (non-hydrogen) atoms. The summed E-state index contributed by atoms with van der Waals surface area (Å²) >= 11 is 1.51. The molecule has 0 radical (unpaired) electrons. The molecular weight excluding hydrogens is 456 g/mol. The molecule has 0 aliphatic carbocycles. The highest BCUT2D eigenvalue weighted by atomic mass is 32.2. The highest BCUT2D eigenvalue weighted by Crippen LogP contribution is 2.24. The van der Waals surface area contributed by atoms with Crippen LogP contribution < -0.4 is 5.73 Å². The van der Waals surface area contributed by atoms with E-state index < -0.39 is 22.0 Å². The molecule has 0 spiro atoms. The molecular formula is C20H24N4O6S2. The largest absolute Gasteiger partial charge is 0.438 e. The minimum atomic E-state index is -3.94. The number of likely N-dealkylation sites (tertiary alicyclic amines) is 1. The summed E-state index contributed by atoms with van der Waals surface area (Å²) in [6.07, 6.45) is 1.65. The van der Waals surface area contributed by atoms with Gasteiger partial charge < -0.3 is 20.0 Å². The average Bonchev–Trinajstić information content (AvgIpc) is 3.54. The average molecular weight is 481 g/mol. The molecule has 2 aromatic heterocycles. The highest BCUT2D eigenvalue weighted by Gasteiger charge is 2.39. The standard InChI is InChI=1S/C20H24N4O6S2/c21-19(26)16-5-6-18(30-16)32(28,29)23-10-8-22(9-11-23)20(27)15-4-1-7-24(15)17(25)13-14-3-2-12-31-14/h2-3,5-6,12,15H,1,4,7-11,13H2,(H2,21,26). The molecule has 3 amide bonds. The van der Waals surface area contributed by atoms with Crippen LogP contribution in [0, 0.1) is 0 Å². The summed E-state index contributed by atoms with van der Waals surface area (Å²) in [6, 6.07) is 5.71. The number of carbonyl (C=O) groups is 3. The lowest BCUT2D eigenvalue weighted by molar-refractivity contribution is -0.144. The third-order valence-corrected chi connectivity index (χ3v) is 8.38. The van der Waals surface area contributed by atoms with Crippen LogP contribution >= 0.6 is 11.3 Å². The number of thiophene rings is 1. The minimum Gasteiger partial charge on any atom is -0.438 e. The van der Waals surface area contributed by atoms with E-state index in [-0.39, 0.29) is 55.3 Å². The first-order valence-electron chi connectivity index (χ1n) is 10.3. The van der Waals surface area contributed by atoms with Crippen LogP contribution in [0.3, 0.4) is 0 Å². The Bertz CT molecular complexity index is 1100. The molecule has 2 fully saturated rings. The molecule has 2 aromatic rings. The van der Waals surface area contributed by atoms with E-state index in [4.69, 9.17) is 10.2 Å². The topological polar surface area (TPSA) is 134 Å². The van der Waals surface area contributed by atoms with E-state index in [2.05, 4.69) is 0 Å². The maximum atomic E-state index is 13.1. The second-order valence-corrected chi connectivity index (χ2v) is 10.6. The summed E-state index contributed by atoms with van der Waals surface area (Å²) in [4.78, 5) is 41.3. The maximum Gasteiger partial charge on any atom is 0.284 e. The SMILES string of the molecule is NC(=O)c1ccc(S(=O)(=O)N2CCN(C(=O)C3CCCN3C(=O)Cc3cccs3)CC2)o1. The van der Waals surface area contributed by atoms with Crippen molar-refractivity contribution in [2.75, 3.05) is 32.7 Å². The van der Waals surface area contributed by atoms with E-state index in [1.807, 2.05) is 17.5 Å². The van der Waals surface area contributed by atoms with Gasteiger partial charge in [-0.2, -0.15) is 4.31 Å². The fourth-order valence-electron chi connectivity index (χ4n) is 4.06. The number of sulfonamides is 1. The summed E-state index contributed by atoms with van der Waals surface area (Å²) in [5.74, 6) is -1.29. The molecule has 10 nitrogen and oxygen atoms in total. The van der Waals surface area contributed by atoms with E-state index >= 15 is 0 Å². The lowest BCUT2D eigenvalue weighted by Crippen LogP contribution is -2.55. The summed E-state index contributed by atoms with van der Waals surface area (Å²) < 4.78 is 31.8. The van der Waals surface area contributed by atoms with Gasteiger partial charge in [-0.1, -0.05) is 6.07 Å². The van der Waals surface area contributed by atoms with Crippen molar-refractivity contribution >= 4 is 39.1 Å². The maximum absolute atomic E-state index is 13.1. The molecule has 172 valence electrons. The summed E-state index contributed by atoms with van der Waals surface area (Å²) in [6.45, 7) is 1.17. The van der Waals surface area contributed by atoms with E-state index in [0.717, 1.165) is 11.3 Å². The molecule has 4 heterocycles. The second kappa shape index (κ2) is 9.04. The Morgan fingerprint density at radius 1 is 1.09 bits per heavy atom. The predicted molar refractivity (Wildman–Crippen MR) is 115 cm³/mol. The van der Waals surface area contributed by atoms with Crippen molar-refractivity contribution in [3.63, 3.8) is 0 Å². The molecule has 0 bridgehead atoms. The quantitative estimate of drug-likeness (QED) is 0.640. The Morgan fingerprint density at radius 3 is 2.47 bits per heavy atom. The summed E-state index contributed by atoms with van der Waals surface area (Å²) in [5.41, 5.74) is 5.12. The van der Waals surface area contributed by atoms with Crippen LogP contribution in [-0.4, -0.2) is 79.0 Å². The number of primary amides is 1. The van der Waals surface area contributed by atoms with Crippen molar-refractivity contribution in [2.45, 2.75) is 30.4 Å². The van der Waals surface area contributed by atoms with Crippen molar-refractivity contribution in [3.05, 3.63) is 40.3 Å². The molecule has 2 aliphatic rings. The van der Waals surface area contributed by atoms with Gasteiger partial charge in [-0.15, -0.1) is 11.3 Å². The number of nitrogens with zero attached hydrogens (tertiary/aromatic N) is 3.